The van der Waals surface area contributed by atoms with Gasteiger partial charge in [-0.05, 0) is 18.8 Å². The second-order valence-electron chi connectivity index (χ2n) is 3.29. The molecule has 0 bridgehead atoms. The summed E-state index contributed by atoms with van der Waals surface area (Å²) >= 11 is 0. The largest absolute Gasteiger partial charge is 0.481 e. The number of carboxylic acids is 1. The number of unbranched alkanes of at least 4 members (excludes halogenated alkanes) is 1. The van der Waals surface area contributed by atoms with Crippen molar-refractivity contribution in [3.8, 4) is 0 Å². The van der Waals surface area contributed by atoms with E-state index >= 15 is 0 Å². The van der Waals surface area contributed by atoms with Crippen molar-refractivity contribution in [2.75, 3.05) is 0 Å². The summed E-state index contributed by atoms with van der Waals surface area (Å²) in [4.78, 5) is 20.6. The van der Waals surface area contributed by atoms with Crippen LogP contribution in [0.5, 0.6) is 0 Å². The highest BCUT2D eigenvalue weighted by atomic mass is 16.4. The van der Waals surface area contributed by atoms with Gasteiger partial charge in [-0.1, -0.05) is 13.8 Å². The minimum Gasteiger partial charge on any atom is -0.481 e. The van der Waals surface area contributed by atoms with Gasteiger partial charge in [-0.2, -0.15) is 0 Å². The van der Waals surface area contributed by atoms with Gasteiger partial charge in [0.2, 0.25) is 0 Å². The molecule has 0 heterocycles. The van der Waals surface area contributed by atoms with Crippen molar-refractivity contribution in [3.63, 3.8) is 0 Å². The van der Waals surface area contributed by atoms with E-state index in [0.29, 0.717) is 19.3 Å². The monoisotopic (exact) mass is 172 g/mol. The van der Waals surface area contributed by atoms with Crippen LogP contribution in [0.25, 0.3) is 0 Å². The fraction of sp³-hybridized carbons (Fsp3) is 0.778. The predicted molar refractivity (Wildman–Crippen MR) is 45.9 cm³/mol. The lowest BCUT2D eigenvalue weighted by Gasteiger charge is -2.14. The number of rotatable bonds is 6. The highest BCUT2D eigenvalue weighted by Crippen LogP contribution is 2.17. The number of aliphatic carboxylic acids is 1. The minimum atomic E-state index is -0.754. The average molecular weight is 172 g/mol. The van der Waals surface area contributed by atoms with E-state index in [1.54, 1.807) is 0 Å². The van der Waals surface area contributed by atoms with E-state index in [4.69, 9.17) is 5.11 Å². The molecule has 3 heteroatoms. The molecule has 70 valence electrons. The summed E-state index contributed by atoms with van der Waals surface area (Å²) in [6.07, 6.45) is 2.58. The Morgan fingerprint density at radius 2 is 2.08 bits per heavy atom. The van der Waals surface area contributed by atoms with Gasteiger partial charge in [-0.15, -0.1) is 0 Å². The lowest BCUT2D eigenvalue weighted by molar-refractivity contribution is -0.143. The van der Waals surface area contributed by atoms with E-state index in [1.165, 1.54) is 0 Å². The van der Waals surface area contributed by atoms with Gasteiger partial charge in [0.25, 0.3) is 0 Å². The van der Waals surface area contributed by atoms with E-state index < -0.39 is 5.97 Å². The minimum absolute atomic E-state index is 0.147. The average Bonchev–Trinajstić information content (AvgIpc) is 1.96. The normalized spacial score (nSPS) is 12.9. The van der Waals surface area contributed by atoms with Crippen LogP contribution in [-0.4, -0.2) is 17.4 Å². The molecule has 0 radical (unpaired) electrons. The first-order valence-electron chi connectivity index (χ1n) is 4.26. The second kappa shape index (κ2) is 5.75. The molecule has 12 heavy (non-hydrogen) atoms. The summed E-state index contributed by atoms with van der Waals surface area (Å²) in [6.45, 7) is 3.78. The molecular formula is C9H16O3. The van der Waals surface area contributed by atoms with Crippen molar-refractivity contribution in [3.05, 3.63) is 0 Å². The molecule has 1 atom stereocenters. The molecule has 0 aromatic carbocycles. The fourth-order valence-electron chi connectivity index (χ4n) is 1.16. The maximum atomic E-state index is 10.6. The van der Waals surface area contributed by atoms with Crippen molar-refractivity contribution < 1.29 is 14.7 Å². The van der Waals surface area contributed by atoms with Crippen LogP contribution in [0.2, 0.25) is 0 Å². The molecule has 0 aromatic heterocycles. The summed E-state index contributed by atoms with van der Waals surface area (Å²) in [5.41, 5.74) is 0. The van der Waals surface area contributed by atoms with Crippen LogP contribution in [0, 0.1) is 11.8 Å². The number of carboxylic acid groups (broad SMARTS) is 1. The van der Waals surface area contributed by atoms with E-state index in [2.05, 4.69) is 0 Å². The Morgan fingerprint density at radius 1 is 1.50 bits per heavy atom. The quantitative estimate of drug-likeness (QED) is 0.490. The zero-order chi connectivity index (χ0) is 9.56. The maximum Gasteiger partial charge on any atom is 0.306 e. The topological polar surface area (TPSA) is 54.4 Å². The number of hydrogen-bond acceptors (Lipinski definition) is 2. The Labute approximate surface area is 72.8 Å². The molecule has 0 spiro atoms. The van der Waals surface area contributed by atoms with Gasteiger partial charge in [0.15, 0.2) is 0 Å². The third kappa shape index (κ3) is 4.11. The van der Waals surface area contributed by atoms with Crippen LogP contribution in [0.3, 0.4) is 0 Å². The van der Waals surface area contributed by atoms with E-state index in [1.807, 2.05) is 13.8 Å². The summed E-state index contributed by atoms with van der Waals surface area (Å²) in [5.74, 6) is -0.907. The standard InChI is InChI=1S/C9H16O3/c1-7(2)8(9(11)12)5-3-4-6-10/h6-8H,3-5H2,1-2H3,(H,11,12). The predicted octanol–water partition coefficient (Wildman–Crippen LogP) is 1.71. The third-order valence-corrected chi connectivity index (χ3v) is 1.96. The highest BCUT2D eigenvalue weighted by molar-refractivity contribution is 5.70. The van der Waals surface area contributed by atoms with E-state index in [0.717, 1.165) is 6.29 Å². The molecule has 0 aliphatic heterocycles. The lowest BCUT2D eigenvalue weighted by Crippen LogP contribution is -2.19. The molecule has 0 aliphatic rings. The van der Waals surface area contributed by atoms with Crippen molar-refractivity contribution >= 4 is 12.3 Å². The van der Waals surface area contributed by atoms with Crippen LogP contribution < -0.4 is 0 Å². The van der Waals surface area contributed by atoms with Crippen LogP contribution in [0.15, 0.2) is 0 Å². The molecular weight excluding hydrogens is 156 g/mol. The maximum absolute atomic E-state index is 10.6. The highest BCUT2D eigenvalue weighted by Gasteiger charge is 2.20. The molecule has 3 nitrogen and oxygen atoms in total. The summed E-state index contributed by atoms with van der Waals surface area (Å²) in [5, 5.41) is 8.75. The Balaban J connectivity index is 3.79. The van der Waals surface area contributed by atoms with Gasteiger partial charge in [0.1, 0.15) is 6.29 Å². The molecule has 0 saturated carbocycles. The van der Waals surface area contributed by atoms with E-state index in [-0.39, 0.29) is 11.8 Å². The SMILES string of the molecule is CC(C)C(CCCC=O)C(=O)O. The van der Waals surface area contributed by atoms with Gasteiger partial charge >= 0.3 is 5.97 Å². The molecule has 0 aromatic rings. The summed E-state index contributed by atoms with van der Waals surface area (Å²) in [6, 6.07) is 0. The number of carbonyl (C=O) groups excluding carboxylic acids is 1. The van der Waals surface area contributed by atoms with E-state index in [9.17, 15) is 9.59 Å². The van der Waals surface area contributed by atoms with Gasteiger partial charge in [0, 0.05) is 6.42 Å². The zero-order valence-electron chi connectivity index (χ0n) is 7.62. The van der Waals surface area contributed by atoms with Crippen LogP contribution >= 0.6 is 0 Å². The van der Waals surface area contributed by atoms with Crippen LogP contribution in [0.1, 0.15) is 33.1 Å². The Hall–Kier alpha value is -0.860. The summed E-state index contributed by atoms with van der Waals surface area (Å²) in [7, 11) is 0. The molecule has 0 saturated heterocycles. The van der Waals surface area contributed by atoms with Gasteiger partial charge in [-0.25, -0.2) is 0 Å². The van der Waals surface area contributed by atoms with Gasteiger partial charge < -0.3 is 9.90 Å². The molecule has 1 unspecified atom stereocenters. The van der Waals surface area contributed by atoms with Gasteiger partial charge in [-0.3, -0.25) is 4.79 Å². The van der Waals surface area contributed by atoms with Crippen molar-refractivity contribution in [2.24, 2.45) is 11.8 Å². The Bertz CT molecular complexity index is 152. The smallest absolute Gasteiger partial charge is 0.306 e. The first-order chi connectivity index (χ1) is 5.59. The van der Waals surface area contributed by atoms with Crippen molar-refractivity contribution in [2.45, 2.75) is 33.1 Å². The summed E-state index contributed by atoms with van der Waals surface area (Å²) < 4.78 is 0. The lowest BCUT2D eigenvalue weighted by atomic mass is 9.91. The Kier molecular flexibility index (Phi) is 5.34. The molecule has 0 fully saturated rings. The zero-order valence-corrected chi connectivity index (χ0v) is 7.62. The second-order valence-corrected chi connectivity index (χ2v) is 3.29. The molecule has 1 N–H and O–H groups in total. The van der Waals surface area contributed by atoms with Crippen LogP contribution in [0.4, 0.5) is 0 Å². The first-order valence-corrected chi connectivity index (χ1v) is 4.26. The molecule has 0 amide bonds. The molecule has 0 aliphatic carbocycles. The van der Waals surface area contributed by atoms with Gasteiger partial charge in [0.05, 0.1) is 5.92 Å². The molecule has 0 rings (SSSR count). The number of aldehydes is 1. The number of hydrogen-bond donors (Lipinski definition) is 1. The first kappa shape index (κ1) is 11.1. The fourth-order valence-corrected chi connectivity index (χ4v) is 1.16. The third-order valence-electron chi connectivity index (χ3n) is 1.96. The number of carbonyl (C=O) groups is 2. The van der Waals surface area contributed by atoms with Crippen molar-refractivity contribution in [1.82, 2.24) is 0 Å². The van der Waals surface area contributed by atoms with Crippen LogP contribution in [-0.2, 0) is 9.59 Å². The van der Waals surface area contributed by atoms with Crippen molar-refractivity contribution in [1.29, 1.82) is 0 Å². The Morgan fingerprint density at radius 3 is 2.42 bits per heavy atom.